The summed E-state index contributed by atoms with van der Waals surface area (Å²) in [6.45, 7) is 0.654. The van der Waals surface area contributed by atoms with Gasteiger partial charge in [-0.3, -0.25) is 4.79 Å². The number of rotatable bonds is 3. The Morgan fingerprint density at radius 1 is 1.40 bits per heavy atom. The van der Waals surface area contributed by atoms with Crippen molar-refractivity contribution in [2.45, 2.75) is 13.0 Å². The number of benzene rings is 1. The minimum absolute atomic E-state index is 0.212. The predicted molar refractivity (Wildman–Crippen MR) is 63.7 cm³/mol. The molecule has 0 radical (unpaired) electrons. The van der Waals surface area contributed by atoms with Gasteiger partial charge in [-0.05, 0) is 17.7 Å². The molecular weight excluding hydrogens is 206 g/mol. The average molecular weight is 221 g/mol. The van der Waals surface area contributed by atoms with E-state index < -0.39 is 0 Å². The molecule has 1 atom stereocenters. The molecule has 2 nitrogen and oxygen atoms in total. The Hall–Kier alpha value is -0.960. The molecule has 1 amide bonds. The van der Waals surface area contributed by atoms with Crippen LogP contribution < -0.4 is 5.32 Å². The third-order valence-corrected chi connectivity index (χ3v) is 3.77. The Kier molecular flexibility index (Phi) is 3.67. The van der Waals surface area contributed by atoms with E-state index in [1.807, 2.05) is 42.1 Å². The molecule has 2 rings (SSSR count). The van der Waals surface area contributed by atoms with Crippen LogP contribution in [0.4, 0.5) is 0 Å². The highest BCUT2D eigenvalue weighted by molar-refractivity contribution is 7.99. The zero-order chi connectivity index (χ0) is 10.5. The topological polar surface area (TPSA) is 29.1 Å². The molecule has 0 aliphatic carbocycles. The van der Waals surface area contributed by atoms with Crippen molar-refractivity contribution in [1.82, 2.24) is 5.32 Å². The standard InChI is InChI=1S/C12H15NOS/c14-12(11-6-7-15-9-11)13-8-10-4-2-1-3-5-10/h1-5,11H,6-9H2,(H,13,14). The van der Waals surface area contributed by atoms with E-state index in [-0.39, 0.29) is 11.8 Å². The highest BCUT2D eigenvalue weighted by Gasteiger charge is 2.22. The Morgan fingerprint density at radius 2 is 2.20 bits per heavy atom. The molecule has 1 aliphatic heterocycles. The first-order chi connectivity index (χ1) is 7.36. The van der Waals surface area contributed by atoms with Gasteiger partial charge in [-0.25, -0.2) is 0 Å². The summed E-state index contributed by atoms with van der Waals surface area (Å²) in [6, 6.07) is 10.0. The van der Waals surface area contributed by atoms with Crippen LogP contribution in [0.25, 0.3) is 0 Å². The van der Waals surface area contributed by atoms with Gasteiger partial charge in [0, 0.05) is 18.2 Å². The number of hydrogen-bond acceptors (Lipinski definition) is 2. The largest absolute Gasteiger partial charge is 0.352 e. The van der Waals surface area contributed by atoms with Crippen molar-refractivity contribution >= 4 is 17.7 Å². The molecule has 0 spiro atoms. The molecule has 1 unspecified atom stereocenters. The van der Waals surface area contributed by atoms with Gasteiger partial charge in [0.1, 0.15) is 0 Å². The maximum Gasteiger partial charge on any atom is 0.224 e. The van der Waals surface area contributed by atoms with Gasteiger partial charge in [0.2, 0.25) is 5.91 Å². The van der Waals surface area contributed by atoms with E-state index in [1.54, 1.807) is 0 Å². The summed E-state index contributed by atoms with van der Waals surface area (Å²) >= 11 is 1.87. The van der Waals surface area contributed by atoms with E-state index in [2.05, 4.69) is 5.32 Å². The fraction of sp³-hybridized carbons (Fsp3) is 0.417. The highest BCUT2D eigenvalue weighted by Crippen LogP contribution is 2.23. The van der Waals surface area contributed by atoms with Gasteiger partial charge in [0.05, 0.1) is 0 Å². The Bertz CT molecular complexity index is 320. The third-order valence-electron chi connectivity index (χ3n) is 2.61. The van der Waals surface area contributed by atoms with Gasteiger partial charge in [0.15, 0.2) is 0 Å². The summed E-state index contributed by atoms with van der Waals surface area (Å²) in [7, 11) is 0. The zero-order valence-electron chi connectivity index (χ0n) is 8.61. The number of carbonyl (C=O) groups excluding carboxylic acids is 1. The number of amides is 1. The second-order valence-corrected chi connectivity index (χ2v) is 4.91. The van der Waals surface area contributed by atoms with Gasteiger partial charge in [-0.1, -0.05) is 30.3 Å². The van der Waals surface area contributed by atoms with Gasteiger partial charge >= 0.3 is 0 Å². The van der Waals surface area contributed by atoms with Gasteiger partial charge < -0.3 is 5.32 Å². The average Bonchev–Trinajstić information content (AvgIpc) is 2.81. The first-order valence-electron chi connectivity index (χ1n) is 5.25. The van der Waals surface area contributed by atoms with Crippen LogP contribution in [-0.2, 0) is 11.3 Å². The molecule has 3 heteroatoms. The minimum Gasteiger partial charge on any atom is -0.352 e. The molecule has 1 aromatic carbocycles. The molecule has 1 N–H and O–H groups in total. The lowest BCUT2D eigenvalue weighted by molar-refractivity contribution is -0.124. The first kappa shape index (κ1) is 10.6. The van der Waals surface area contributed by atoms with Crippen molar-refractivity contribution in [1.29, 1.82) is 0 Å². The maximum absolute atomic E-state index is 11.7. The third kappa shape index (κ3) is 2.99. The summed E-state index contributed by atoms with van der Waals surface area (Å²) in [5, 5.41) is 2.99. The quantitative estimate of drug-likeness (QED) is 0.846. The van der Waals surface area contributed by atoms with Gasteiger partial charge in [-0.15, -0.1) is 0 Å². The van der Waals surface area contributed by atoms with Crippen molar-refractivity contribution in [3.8, 4) is 0 Å². The maximum atomic E-state index is 11.7. The predicted octanol–water partition coefficient (Wildman–Crippen LogP) is 2.06. The van der Waals surface area contributed by atoms with Crippen LogP contribution in [-0.4, -0.2) is 17.4 Å². The molecule has 0 aromatic heterocycles. The van der Waals surface area contributed by atoms with E-state index in [0.29, 0.717) is 6.54 Å². The van der Waals surface area contributed by atoms with Crippen molar-refractivity contribution in [3.63, 3.8) is 0 Å². The summed E-state index contributed by atoms with van der Waals surface area (Å²) in [4.78, 5) is 11.7. The Morgan fingerprint density at radius 3 is 2.87 bits per heavy atom. The monoisotopic (exact) mass is 221 g/mol. The van der Waals surface area contributed by atoms with Crippen LogP contribution in [0, 0.1) is 5.92 Å². The zero-order valence-corrected chi connectivity index (χ0v) is 9.43. The minimum atomic E-state index is 0.212. The molecule has 80 valence electrons. The van der Waals surface area contributed by atoms with E-state index in [4.69, 9.17) is 0 Å². The fourth-order valence-electron chi connectivity index (χ4n) is 1.67. The molecule has 0 saturated carbocycles. The van der Waals surface area contributed by atoms with E-state index in [1.165, 1.54) is 0 Å². The Labute approximate surface area is 94.4 Å². The highest BCUT2D eigenvalue weighted by atomic mass is 32.2. The van der Waals surface area contributed by atoms with Crippen LogP contribution in [0.1, 0.15) is 12.0 Å². The van der Waals surface area contributed by atoms with Crippen LogP contribution in [0.3, 0.4) is 0 Å². The summed E-state index contributed by atoms with van der Waals surface area (Å²) in [5.41, 5.74) is 1.16. The van der Waals surface area contributed by atoms with Crippen LogP contribution >= 0.6 is 11.8 Å². The smallest absolute Gasteiger partial charge is 0.224 e. The number of nitrogens with one attached hydrogen (secondary N) is 1. The molecule has 15 heavy (non-hydrogen) atoms. The second-order valence-electron chi connectivity index (χ2n) is 3.76. The van der Waals surface area contributed by atoms with Crippen LogP contribution in [0.15, 0.2) is 30.3 Å². The molecule has 0 bridgehead atoms. The summed E-state index contributed by atoms with van der Waals surface area (Å²) in [5.74, 6) is 2.56. The normalized spacial score (nSPS) is 20.1. The van der Waals surface area contributed by atoms with Crippen molar-refractivity contribution in [2.24, 2.45) is 5.92 Å². The molecule has 1 saturated heterocycles. The van der Waals surface area contributed by atoms with E-state index in [9.17, 15) is 4.79 Å². The van der Waals surface area contributed by atoms with Crippen molar-refractivity contribution in [2.75, 3.05) is 11.5 Å². The molecule has 1 aliphatic rings. The summed E-state index contributed by atoms with van der Waals surface area (Å²) in [6.07, 6.45) is 1.03. The van der Waals surface area contributed by atoms with Crippen molar-refractivity contribution in [3.05, 3.63) is 35.9 Å². The Balaban J connectivity index is 1.80. The lowest BCUT2D eigenvalue weighted by atomic mass is 10.1. The first-order valence-corrected chi connectivity index (χ1v) is 6.41. The number of hydrogen-bond donors (Lipinski definition) is 1. The van der Waals surface area contributed by atoms with E-state index in [0.717, 1.165) is 23.5 Å². The lowest BCUT2D eigenvalue weighted by Crippen LogP contribution is -2.30. The van der Waals surface area contributed by atoms with Crippen LogP contribution in [0.2, 0.25) is 0 Å². The van der Waals surface area contributed by atoms with Crippen LogP contribution in [0.5, 0.6) is 0 Å². The second kappa shape index (κ2) is 5.21. The molecular formula is C12H15NOS. The summed E-state index contributed by atoms with van der Waals surface area (Å²) < 4.78 is 0. The molecule has 1 aromatic rings. The van der Waals surface area contributed by atoms with Crippen molar-refractivity contribution < 1.29 is 4.79 Å². The lowest BCUT2D eigenvalue weighted by Gasteiger charge is -2.09. The van der Waals surface area contributed by atoms with E-state index >= 15 is 0 Å². The SMILES string of the molecule is O=C(NCc1ccccc1)C1CCSC1. The number of thioether (sulfide) groups is 1. The number of carbonyl (C=O) groups is 1. The van der Waals surface area contributed by atoms with Gasteiger partial charge in [-0.2, -0.15) is 11.8 Å². The molecule has 1 heterocycles. The fourth-order valence-corrected chi connectivity index (χ4v) is 2.89. The van der Waals surface area contributed by atoms with Gasteiger partial charge in [0.25, 0.3) is 0 Å². The molecule has 1 fully saturated rings.